The van der Waals surface area contributed by atoms with Crippen molar-refractivity contribution in [2.75, 3.05) is 13.2 Å². The molecule has 0 bridgehead atoms. The number of esters is 2. The Hall–Kier alpha value is -1.76. The molecule has 142 valence electrons. The molecular weight excluding hydrogens is 374 g/mol. The third-order valence-electron chi connectivity index (χ3n) is 2.30. The van der Waals surface area contributed by atoms with Gasteiger partial charge >= 0.3 is 36.1 Å². The summed E-state index contributed by atoms with van der Waals surface area (Å²) in [6.07, 6.45) is -15.1. The maximum atomic E-state index is 13.1. The molecule has 0 atom stereocenters. The van der Waals surface area contributed by atoms with E-state index in [4.69, 9.17) is 0 Å². The summed E-state index contributed by atoms with van der Waals surface area (Å²) in [5.74, 6) is -15.8. The van der Waals surface area contributed by atoms with Crippen LogP contribution in [0.1, 0.15) is 12.8 Å². The van der Waals surface area contributed by atoms with E-state index in [1.807, 2.05) is 0 Å². The van der Waals surface area contributed by atoms with Crippen molar-refractivity contribution in [1.29, 1.82) is 0 Å². The summed E-state index contributed by atoms with van der Waals surface area (Å²) in [6, 6.07) is 0. The molecule has 0 aromatic carbocycles. The maximum absolute atomic E-state index is 13.1. The highest BCUT2D eigenvalue weighted by molar-refractivity contribution is 5.75. The van der Waals surface area contributed by atoms with Crippen LogP contribution in [-0.2, 0) is 19.1 Å². The van der Waals surface area contributed by atoms with Gasteiger partial charge in [0, 0.05) is 0 Å². The van der Waals surface area contributed by atoms with Gasteiger partial charge in [-0.25, -0.2) is 9.59 Å². The lowest BCUT2D eigenvalue weighted by Crippen LogP contribution is -2.43. The molecule has 0 amide bonds. The van der Waals surface area contributed by atoms with E-state index in [0.29, 0.717) is 0 Å². The Morgan fingerprint density at radius 3 is 1.04 bits per heavy atom. The summed E-state index contributed by atoms with van der Waals surface area (Å²) in [7, 11) is 0. The van der Waals surface area contributed by atoms with Gasteiger partial charge in [-0.05, 0) is 0 Å². The average molecular weight is 382 g/mol. The van der Waals surface area contributed by atoms with Crippen molar-refractivity contribution in [2.24, 2.45) is 0 Å². The zero-order valence-electron chi connectivity index (χ0n) is 11.2. The zero-order valence-corrected chi connectivity index (χ0v) is 11.2. The number of ether oxygens (including phenoxy) is 2. The Morgan fingerprint density at radius 1 is 0.583 bits per heavy atom. The molecule has 0 unspecified atom stereocenters. The van der Waals surface area contributed by atoms with Crippen LogP contribution in [0, 0.1) is 0 Å². The summed E-state index contributed by atoms with van der Waals surface area (Å²) in [5.41, 5.74) is 0. The van der Waals surface area contributed by atoms with Gasteiger partial charge in [-0.2, -0.15) is 43.9 Å². The molecule has 0 fully saturated rings. The molecule has 0 aliphatic rings. The largest absolute Gasteiger partial charge is 0.490 e. The van der Waals surface area contributed by atoms with Crippen LogP contribution in [0.3, 0.4) is 0 Å². The van der Waals surface area contributed by atoms with Crippen molar-refractivity contribution in [3.63, 3.8) is 0 Å². The molecule has 0 aromatic rings. The van der Waals surface area contributed by atoms with Gasteiger partial charge in [-0.3, -0.25) is 0 Å². The summed E-state index contributed by atoms with van der Waals surface area (Å²) < 4.78 is 129. The maximum Gasteiger partial charge on any atom is 0.490 e. The monoisotopic (exact) mass is 382 g/mol. The minimum absolute atomic E-state index is 1.72. The Bertz CT molecular complexity index is 412. The van der Waals surface area contributed by atoms with Crippen molar-refractivity contribution >= 4 is 11.9 Å². The second-order valence-corrected chi connectivity index (χ2v) is 4.18. The zero-order chi connectivity index (χ0) is 19.4. The van der Waals surface area contributed by atoms with Crippen LogP contribution < -0.4 is 0 Å². The molecule has 0 rings (SSSR count). The van der Waals surface area contributed by atoms with Gasteiger partial charge in [0.15, 0.2) is 0 Å². The first-order valence-electron chi connectivity index (χ1n) is 5.74. The summed E-state index contributed by atoms with van der Waals surface area (Å²) in [4.78, 5) is 20.4. The second-order valence-electron chi connectivity index (χ2n) is 4.18. The van der Waals surface area contributed by atoms with E-state index in [9.17, 15) is 53.5 Å². The van der Waals surface area contributed by atoms with Crippen molar-refractivity contribution in [3.8, 4) is 0 Å². The summed E-state index contributed by atoms with van der Waals surface area (Å²) in [6.45, 7) is -3.44. The molecule has 0 aliphatic heterocycles. The van der Waals surface area contributed by atoms with E-state index < -0.39 is 62.2 Å². The minimum atomic E-state index is -5.51. The van der Waals surface area contributed by atoms with E-state index in [2.05, 4.69) is 9.47 Å². The Balaban J connectivity index is 4.49. The van der Waals surface area contributed by atoms with Gasteiger partial charge in [0.1, 0.15) is 0 Å². The lowest BCUT2D eigenvalue weighted by atomic mass is 10.1. The number of hydrogen-bond donors (Lipinski definition) is 0. The van der Waals surface area contributed by atoms with Crippen LogP contribution >= 0.6 is 0 Å². The standard InChI is InChI=1S/C10H8F10O4/c11-7(12,1-3-23-5(21)9(15,16)17)8(13,14)2-4-24-6(22)10(18,19)20/h1-4H2. The van der Waals surface area contributed by atoms with Gasteiger partial charge in [-0.1, -0.05) is 0 Å². The van der Waals surface area contributed by atoms with E-state index in [-0.39, 0.29) is 0 Å². The first kappa shape index (κ1) is 22.2. The molecule has 0 aromatic heterocycles. The van der Waals surface area contributed by atoms with E-state index in [1.54, 1.807) is 0 Å². The van der Waals surface area contributed by atoms with Crippen LogP contribution in [0.15, 0.2) is 0 Å². The molecule has 0 heterocycles. The van der Waals surface area contributed by atoms with Gasteiger partial charge in [0.25, 0.3) is 0 Å². The predicted molar refractivity (Wildman–Crippen MR) is 53.2 cm³/mol. The SMILES string of the molecule is O=C(OCCC(F)(F)C(F)(F)CCOC(=O)C(F)(F)F)C(F)(F)F. The first-order valence-corrected chi connectivity index (χ1v) is 5.74. The quantitative estimate of drug-likeness (QED) is 0.501. The molecular formula is C10H8F10O4. The molecule has 0 saturated heterocycles. The van der Waals surface area contributed by atoms with Gasteiger partial charge in [-0.15, -0.1) is 0 Å². The predicted octanol–water partition coefficient (Wildman–Crippen LogP) is 3.25. The van der Waals surface area contributed by atoms with E-state index in [1.165, 1.54) is 0 Å². The topological polar surface area (TPSA) is 52.6 Å². The number of carbonyl (C=O) groups is 2. The smallest absolute Gasteiger partial charge is 0.459 e. The molecule has 0 aliphatic carbocycles. The molecule has 0 spiro atoms. The first-order chi connectivity index (χ1) is 10.5. The molecule has 14 heteroatoms. The second kappa shape index (κ2) is 7.42. The van der Waals surface area contributed by atoms with Crippen LogP contribution in [0.2, 0.25) is 0 Å². The Kier molecular flexibility index (Phi) is 6.88. The summed E-state index contributed by atoms with van der Waals surface area (Å²) >= 11 is 0. The van der Waals surface area contributed by atoms with Crippen molar-refractivity contribution in [3.05, 3.63) is 0 Å². The van der Waals surface area contributed by atoms with E-state index >= 15 is 0 Å². The third kappa shape index (κ3) is 6.78. The van der Waals surface area contributed by atoms with Gasteiger partial charge in [0.05, 0.1) is 26.1 Å². The van der Waals surface area contributed by atoms with Crippen LogP contribution in [-0.4, -0.2) is 49.4 Å². The number of alkyl halides is 10. The molecule has 4 nitrogen and oxygen atoms in total. The fourth-order valence-electron chi connectivity index (χ4n) is 1.07. The molecule has 0 radical (unpaired) electrons. The van der Waals surface area contributed by atoms with Crippen LogP contribution in [0.25, 0.3) is 0 Å². The van der Waals surface area contributed by atoms with Crippen LogP contribution in [0.5, 0.6) is 0 Å². The third-order valence-corrected chi connectivity index (χ3v) is 2.30. The average Bonchev–Trinajstić information content (AvgIpc) is 2.35. The highest BCUT2D eigenvalue weighted by Gasteiger charge is 2.56. The minimum Gasteiger partial charge on any atom is -0.459 e. The molecule has 0 saturated carbocycles. The molecule has 0 N–H and O–H groups in total. The number of halogens is 10. The highest BCUT2D eigenvalue weighted by atomic mass is 19.4. The Morgan fingerprint density at radius 2 is 0.833 bits per heavy atom. The lowest BCUT2D eigenvalue weighted by Gasteiger charge is -2.26. The van der Waals surface area contributed by atoms with Gasteiger partial charge < -0.3 is 9.47 Å². The van der Waals surface area contributed by atoms with Crippen LogP contribution in [0.4, 0.5) is 43.9 Å². The van der Waals surface area contributed by atoms with E-state index in [0.717, 1.165) is 0 Å². The van der Waals surface area contributed by atoms with Crippen molar-refractivity contribution < 1.29 is 63.0 Å². The fourth-order valence-corrected chi connectivity index (χ4v) is 1.07. The number of carbonyl (C=O) groups excluding carboxylic acids is 2. The fraction of sp³-hybridized carbons (Fsp3) is 0.800. The Labute approximate surface area is 126 Å². The van der Waals surface area contributed by atoms with Crippen molar-refractivity contribution in [2.45, 2.75) is 37.0 Å². The number of rotatable bonds is 7. The normalized spacial score (nSPS) is 13.6. The number of hydrogen-bond acceptors (Lipinski definition) is 4. The molecule has 24 heavy (non-hydrogen) atoms. The van der Waals surface area contributed by atoms with Gasteiger partial charge in [0.2, 0.25) is 0 Å². The summed E-state index contributed by atoms with van der Waals surface area (Å²) in [5, 5.41) is 0. The highest BCUT2D eigenvalue weighted by Crippen LogP contribution is 2.39. The van der Waals surface area contributed by atoms with Crippen molar-refractivity contribution in [1.82, 2.24) is 0 Å². The lowest BCUT2D eigenvalue weighted by molar-refractivity contribution is -0.232.